The molecule has 0 rings (SSSR count). The van der Waals surface area contributed by atoms with Crippen LogP contribution >= 0.6 is 0 Å². The van der Waals surface area contributed by atoms with Gasteiger partial charge in [0.1, 0.15) is 0 Å². The fourth-order valence-corrected chi connectivity index (χ4v) is 5.56. The summed E-state index contributed by atoms with van der Waals surface area (Å²) in [7, 11) is -0.460. The van der Waals surface area contributed by atoms with Crippen molar-refractivity contribution in [2.75, 3.05) is 20.3 Å². The van der Waals surface area contributed by atoms with Crippen molar-refractivity contribution >= 4 is 16.1 Å². The number of hydrogen-bond acceptors (Lipinski definition) is 2. The van der Waals surface area contributed by atoms with E-state index in [-0.39, 0.29) is 0 Å². The van der Waals surface area contributed by atoms with Crippen LogP contribution in [0.15, 0.2) is 0 Å². The minimum Gasteiger partial charge on any atom is -0.382 e. The van der Waals surface area contributed by atoms with Crippen molar-refractivity contribution in [1.82, 2.24) is 0 Å². The Morgan fingerprint density at radius 2 is 1.47 bits per heavy atom. The van der Waals surface area contributed by atoms with Gasteiger partial charge in [0, 0.05) is 21.8 Å². The Labute approximate surface area is 110 Å². The number of methoxy groups -OCH3 is 1. The summed E-state index contributed by atoms with van der Waals surface area (Å²) in [6.07, 6.45) is 0. The van der Waals surface area contributed by atoms with E-state index in [1.807, 2.05) is 0 Å². The summed E-state index contributed by atoms with van der Waals surface area (Å²) in [5.41, 5.74) is 0.330. The van der Waals surface area contributed by atoms with E-state index in [0.29, 0.717) is 11.6 Å². The van der Waals surface area contributed by atoms with Crippen LogP contribution in [-0.2, 0) is 9.47 Å². The molecule has 0 aliphatic rings. The first-order chi connectivity index (χ1) is 7.56. The van der Waals surface area contributed by atoms with E-state index in [4.69, 9.17) is 9.47 Å². The van der Waals surface area contributed by atoms with Gasteiger partial charge in [0.05, 0.1) is 20.4 Å². The minimum absolute atomic E-state index is 0.330. The number of hydrogen-bond donors (Lipinski definition) is 0. The molecule has 2 atom stereocenters. The van der Waals surface area contributed by atoms with E-state index in [1.165, 1.54) is 6.04 Å². The van der Waals surface area contributed by atoms with Crippen LogP contribution in [0.5, 0.6) is 0 Å². The van der Waals surface area contributed by atoms with Gasteiger partial charge in [0.15, 0.2) is 0 Å². The van der Waals surface area contributed by atoms with E-state index in [1.54, 1.807) is 7.11 Å². The van der Waals surface area contributed by atoms with Crippen molar-refractivity contribution in [3.8, 4) is 0 Å². The van der Waals surface area contributed by atoms with Gasteiger partial charge in [-0.1, -0.05) is 52.2 Å². The molecule has 0 radical (unpaired) electrons. The fourth-order valence-electron chi connectivity index (χ4n) is 2.08. The van der Waals surface area contributed by atoms with Gasteiger partial charge in [0.25, 0.3) is 0 Å². The third-order valence-electron chi connectivity index (χ3n) is 2.83. The van der Waals surface area contributed by atoms with Gasteiger partial charge < -0.3 is 9.47 Å². The van der Waals surface area contributed by atoms with Gasteiger partial charge >= 0.3 is 0 Å². The summed E-state index contributed by atoms with van der Waals surface area (Å²) in [5.74, 6) is 0.678. The summed E-state index contributed by atoms with van der Waals surface area (Å²) in [6, 6.07) is 1.35. The predicted molar refractivity (Wildman–Crippen MR) is 82.3 cm³/mol. The Hall–Kier alpha value is 0.354. The van der Waals surface area contributed by atoms with Crippen LogP contribution in [-0.4, -0.2) is 42.2 Å². The summed E-state index contributed by atoms with van der Waals surface area (Å²) in [5, 5.41) is 0. The smallest absolute Gasteiger partial charge is 0.0815 e. The van der Waals surface area contributed by atoms with Crippen molar-refractivity contribution < 1.29 is 9.47 Å². The first kappa shape index (κ1) is 17.4. The van der Waals surface area contributed by atoms with Crippen LogP contribution in [0.3, 0.4) is 0 Å². The predicted octanol–water partition coefficient (Wildman–Crippen LogP) is 3.87. The quantitative estimate of drug-likeness (QED) is 0.627. The molecule has 0 fully saturated rings. The van der Waals surface area contributed by atoms with Crippen molar-refractivity contribution in [2.45, 2.75) is 58.0 Å². The summed E-state index contributed by atoms with van der Waals surface area (Å²) in [6.45, 7) is 18.3. The first-order valence-corrected chi connectivity index (χ1v) is 14.0. The standard InChI is InChI=1S/C13H32O2Si2/c1-12(11-16(3,4)5)9-15-13(10-14-2)17(6,7)8/h12-13H,9-11H2,1-8H3/t12?,13-/m1/s1. The lowest BCUT2D eigenvalue weighted by atomic mass is 10.2. The van der Waals surface area contributed by atoms with E-state index < -0.39 is 16.1 Å². The van der Waals surface area contributed by atoms with Crippen LogP contribution in [0.2, 0.25) is 45.3 Å². The molecule has 0 aliphatic heterocycles. The Balaban J connectivity index is 4.13. The lowest BCUT2D eigenvalue weighted by molar-refractivity contribution is 0.0256. The maximum absolute atomic E-state index is 6.11. The molecule has 0 N–H and O–H groups in total. The molecule has 0 aliphatic carbocycles. The third kappa shape index (κ3) is 9.00. The zero-order chi connectivity index (χ0) is 13.7. The highest BCUT2D eigenvalue weighted by molar-refractivity contribution is 6.77. The highest BCUT2D eigenvalue weighted by Gasteiger charge is 2.28. The summed E-state index contributed by atoms with van der Waals surface area (Å²) < 4.78 is 11.4. The Bertz CT molecular complexity index is 206. The van der Waals surface area contributed by atoms with Crippen molar-refractivity contribution in [1.29, 1.82) is 0 Å². The minimum atomic E-state index is -1.27. The number of ether oxygens (including phenoxy) is 2. The van der Waals surface area contributed by atoms with Crippen LogP contribution in [0, 0.1) is 5.92 Å². The molecule has 0 saturated heterocycles. The fraction of sp³-hybridized carbons (Fsp3) is 1.00. The third-order valence-corrected chi connectivity index (χ3v) is 7.01. The van der Waals surface area contributed by atoms with E-state index in [0.717, 1.165) is 13.2 Å². The van der Waals surface area contributed by atoms with Gasteiger partial charge in [-0.2, -0.15) is 0 Å². The van der Waals surface area contributed by atoms with Crippen LogP contribution in [0.25, 0.3) is 0 Å². The molecular formula is C13H32O2Si2. The normalized spacial score (nSPS) is 16.9. The summed E-state index contributed by atoms with van der Waals surface area (Å²) >= 11 is 0. The molecule has 0 bridgehead atoms. The van der Waals surface area contributed by atoms with Gasteiger partial charge in [-0.05, 0) is 5.92 Å². The second kappa shape index (κ2) is 7.07. The lowest BCUT2D eigenvalue weighted by Gasteiger charge is -2.30. The van der Waals surface area contributed by atoms with Gasteiger partial charge in [-0.25, -0.2) is 0 Å². The molecule has 0 spiro atoms. The highest BCUT2D eigenvalue weighted by Crippen LogP contribution is 2.19. The second-order valence-corrected chi connectivity index (χ2v) is 18.4. The maximum Gasteiger partial charge on any atom is 0.0815 e. The number of rotatable bonds is 8. The largest absolute Gasteiger partial charge is 0.382 e. The summed E-state index contributed by atoms with van der Waals surface area (Å²) in [4.78, 5) is 0. The SMILES string of the molecule is COC[C@H](OCC(C)C[Si](C)(C)C)[Si](C)(C)C. The highest BCUT2D eigenvalue weighted by atomic mass is 28.3. The molecule has 17 heavy (non-hydrogen) atoms. The molecule has 0 aromatic heterocycles. The monoisotopic (exact) mass is 276 g/mol. The lowest BCUT2D eigenvalue weighted by Crippen LogP contribution is -2.44. The average molecular weight is 277 g/mol. The average Bonchev–Trinajstić information content (AvgIpc) is 2.07. The molecule has 0 aromatic rings. The van der Waals surface area contributed by atoms with Crippen LogP contribution in [0.4, 0.5) is 0 Å². The molecule has 4 heteroatoms. The van der Waals surface area contributed by atoms with Gasteiger partial charge in [0.2, 0.25) is 0 Å². The van der Waals surface area contributed by atoms with E-state index in [2.05, 4.69) is 46.2 Å². The molecule has 104 valence electrons. The molecular weight excluding hydrogens is 244 g/mol. The van der Waals surface area contributed by atoms with Crippen LogP contribution < -0.4 is 0 Å². The van der Waals surface area contributed by atoms with Crippen molar-refractivity contribution in [3.63, 3.8) is 0 Å². The topological polar surface area (TPSA) is 18.5 Å². The maximum atomic E-state index is 6.11. The Morgan fingerprint density at radius 1 is 0.941 bits per heavy atom. The van der Waals surface area contributed by atoms with E-state index >= 15 is 0 Å². The van der Waals surface area contributed by atoms with Gasteiger partial charge in [-0.15, -0.1) is 0 Å². The van der Waals surface area contributed by atoms with Crippen molar-refractivity contribution in [3.05, 3.63) is 0 Å². The van der Waals surface area contributed by atoms with E-state index in [9.17, 15) is 0 Å². The molecule has 0 saturated carbocycles. The molecule has 2 nitrogen and oxygen atoms in total. The van der Waals surface area contributed by atoms with Crippen LogP contribution in [0.1, 0.15) is 6.92 Å². The van der Waals surface area contributed by atoms with Crippen molar-refractivity contribution in [2.24, 2.45) is 5.92 Å². The Morgan fingerprint density at radius 3 is 1.82 bits per heavy atom. The zero-order valence-electron chi connectivity index (χ0n) is 13.1. The molecule has 0 aromatic carbocycles. The Kier molecular flexibility index (Phi) is 7.22. The first-order valence-electron chi connectivity index (χ1n) is 6.67. The van der Waals surface area contributed by atoms with Gasteiger partial charge in [-0.3, -0.25) is 0 Å². The second-order valence-electron chi connectivity index (χ2n) is 7.51. The molecule has 0 amide bonds. The molecule has 0 heterocycles. The zero-order valence-corrected chi connectivity index (χ0v) is 15.1. The molecule has 1 unspecified atom stereocenters.